The molecule has 1 aromatic carbocycles. The highest BCUT2D eigenvalue weighted by atomic mass is 32.2. The number of hydrogen-bond acceptors (Lipinski definition) is 6. The molecule has 24 heavy (non-hydrogen) atoms. The molecule has 0 saturated heterocycles. The summed E-state index contributed by atoms with van der Waals surface area (Å²) in [7, 11) is 0. The maximum absolute atomic E-state index is 12.9. The van der Waals surface area contributed by atoms with Gasteiger partial charge in [-0.2, -0.15) is 4.98 Å². The Bertz CT molecular complexity index is 853. The molecule has 0 atom stereocenters. The van der Waals surface area contributed by atoms with Gasteiger partial charge in [0.1, 0.15) is 11.6 Å². The third kappa shape index (κ3) is 3.70. The van der Waals surface area contributed by atoms with Gasteiger partial charge in [-0.05, 0) is 36.6 Å². The molecule has 0 bridgehead atoms. The Kier molecular flexibility index (Phi) is 4.12. The number of aromatic nitrogens is 5. The molecule has 1 N–H and O–H groups in total. The van der Waals surface area contributed by atoms with E-state index < -0.39 is 0 Å². The van der Waals surface area contributed by atoms with Gasteiger partial charge in [0.2, 0.25) is 11.0 Å². The molecule has 8 heteroatoms. The molecule has 0 amide bonds. The van der Waals surface area contributed by atoms with Crippen LogP contribution in [-0.4, -0.2) is 25.3 Å². The van der Waals surface area contributed by atoms with Crippen molar-refractivity contribution in [1.82, 2.24) is 25.3 Å². The minimum absolute atomic E-state index is 0.253. The predicted molar refractivity (Wildman–Crippen MR) is 87.5 cm³/mol. The summed E-state index contributed by atoms with van der Waals surface area (Å²) in [6.45, 7) is 0. The van der Waals surface area contributed by atoms with E-state index in [2.05, 4.69) is 25.3 Å². The maximum atomic E-state index is 12.9. The van der Waals surface area contributed by atoms with Gasteiger partial charge in [-0.15, -0.1) is 5.10 Å². The topological polar surface area (TPSA) is 80.5 Å². The molecule has 2 aromatic heterocycles. The molecule has 1 fully saturated rings. The molecular weight excluding hydrogens is 329 g/mol. The highest BCUT2D eigenvalue weighted by Crippen LogP contribution is 2.39. The summed E-state index contributed by atoms with van der Waals surface area (Å²) in [6.07, 6.45) is 5.91. The van der Waals surface area contributed by atoms with Crippen molar-refractivity contribution in [3.63, 3.8) is 0 Å². The number of H-pyrrole nitrogens is 1. The van der Waals surface area contributed by atoms with Crippen LogP contribution < -0.4 is 0 Å². The third-order valence-corrected chi connectivity index (χ3v) is 4.37. The smallest absolute Gasteiger partial charge is 0.229 e. The fourth-order valence-electron chi connectivity index (χ4n) is 2.10. The number of nitrogens with one attached hydrogen (secondary N) is 1. The number of nitrogens with zero attached hydrogens (tertiary/aromatic N) is 4. The SMILES string of the molecule is Fc1ccc(/C=C\c2nc(SCc3noc(C4CC4)n3)n[nH]2)cc1. The second-order valence-corrected chi connectivity index (χ2v) is 6.44. The largest absolute Gasteiger partial charge is 0.339 e. The zero-order chi connectivity index (χ0) is 16.4. The Hall–Kier alpha value is -2.48. The predicted octanol–water partition coefficient (Wildman–Crippen LogP) is 3.67. The van der Waals surface area contributed by atoms with Gasteiger partial charge in [0.25, 0.3) is 0 Å². The Balaban J connectivity index is 1.34. The normalized spacial score (nSPS) is 14.5. The second kappa shape index (κ2) is 6.56. The molecule has 122 valence electrons. The van der Waals surface area contributed by atoms with E-state index in [9.17, 15) is 4.39 Å². The van der Waals surface area contributed by atoms with Gasteiger partial charge in [0.05, 0.1) is 5.75 Å². The van der Waals surface area contributed by atoms with Crippen molar-refractivity contribution < 1.29 is 8.91 Å². The molecule has 0 radical (unpaired) electrons. The Morgan fingerprint density at radius 1 is 1.21 bits per heavy atom. The molecule has 4 rings (SSSR count). The highest BCUT2D eigenvalue weighted by Gasteiger charge is 2.29. The Labute approximate surface area is 141 Å². The van der Waals surface area contributed by atoms with Crippen LogP contribution in [0.5, 0.6) is 0 Å². The molecule has 0 aliphatic heterocycles. The van der Waals surface area contributed by atoms with Gasteiger partial charge in [0, 0.05) is 5.92 Å². The van der Waals surface area contributed by atoms with Gasteiger partial charge in [-0.1, -0.05) is 35.1 Å². The van der Waals surface area contributed by atoms with Crippen LogP contribution in [0.4, 0.5) is 4.39 Å². The van der Waals surface area contributed by atoms with E-state index in [0.29, 0.717) is 28.5 Å². The zero-order valence-electron chi connectivity index (χ0n) is 12.6. The maximum Gasteiger partial charge on any atom is 0.229 e. The first-order valence-corrected chi connectivity index (χ1v) is 8.56. The van der Waals surface area contributed by atoms with Crippen molar-refractivity contribution in [2.45, 2.75) is 29.7 Å². The van der Waals surface area contributed by atoms with Crippen LogP contribution >= 0.6 is 11.8 Å². The number of rotatable bonds is 6. The lowest BCUT2D eigenvalue weighted by Gasteiger charge is -1.91. The number of aromatic amines is 1. The number of thioether (sulfide) groups is 1. The molecular formula is C16H14FN5OS. The summed E-state index contributed by atoms with van der Waals surface area (Å²) in [5, 5.41) is 11.6. The molecule has 2 heterocycles. The first-order chi connectivity index (χ1) is 11.8. The fourth-order valence-corrected chi connectivity index (χ4v) is 2.75. The van der Waals surface area contributed by atoms with Crippen LogP contribution in [0, 0.1) is 5.82 Å². The molecule has 6 nitrogen and oxygen atoms in total. The standard InChI is InChI=1S/C16H14FN5OS/c17-12-6-1-10(2-7-12)3-8-13-19-16(21-20-13)24-9-14-18-15(23-22-14)11-4-5-11/h1-3,6-8,11H,4-5,9H2,(H,19,20,21)/b8-3-. The summed E-state index contributed by atoms with van der Waals surface area (Å²) < 4.78 is 18.1. The molecule has 1 saturated carbocycles. The highest BCUT2D eigenvalue weighted by molar-refractivity contribution is 7.98. The van der Waals surface area contributed by atoms with E-state index in [4.69, 9.17) is 4.52 Å². The van der Waals surface area contributed by atoms with Crippen molar-refractivity contribution in [2.75, 3.05) is 0 Å². The van der Waals surface area contributed by atoms with Crippen LogP contribution in [0.3, 0.4) is 0 Å². The van der Waals surface area contributed by atoms with E-state index in [-0.39, 0.29) is 5.82 Å². The first kappa shape index (κ1) is 15.1. The number of halogens is 1. The van der Waals surface area contributed by atoms with Crippen LogP contribution in [0.15, 0.2) is 33.9 Å². The van der Waals surface area contributed by atoms with Crippen molar-refractivity contribution >= 4 is 23.9 Å². The van der Waals surface area contributed by atoms with Crippen LogP contribution in [0.1, 0.15) is 41.9 Å². The average molecular weight is 343 g/mol. The fraction of sp³-hybridized carbons (Fsp3) is 0.250. The first-order valence-electron chi connectivity index (χ1n) is 7.57. The Morgan fingerprint density at radius 2 is 2.04 bits per heavy atom. The molecule has 0 spiro atoms. The van der Waals surface area contributed by atoms with Crippen molar-refractivity contribution in [3.05, 3.63) is 53.2 Å². The van der Waals surface area contributed by atoms with Crippen LogP contribution in [0.25, 0.3) is 12.2 Å². The van der Waals surface area contributed by atoms with Gasteiger partial charge in [-0.25, -0.2) is 9.37 Å². The lowest BCUT2D eigenvalue weighted by Crippen LogP contribution is -1.86. The summed E-state index contributed by atoms with van der Waals surface area (Å²) >= 11 is 1.44. The van der Waals surface area contributed by atoms with Crippen LogP contribution in [-0.2, 0) is 5.75 Å². The molecule has 1 aliphatic rings. The van der Waals surface area contributed by atoms with Crippen molar-refractivity contribution in [1.29, 1.82) is 0 Å². The lowest BCUT2D eigenvalue weighted by atomic mass is 10.2. The van der Waals surface area contributed by atoms with Gasteiger partial charge < -0.3 is 4.52 Å². The number of benzene rings is 1. The van der Waals surface area contributed by atoms with Gasteiger partial charge >= 0.3 is 0 Å². The van der Waals surface area contributed by atoms with E-state index in [1.807, 2.05) is 6.08 Å². The third-order valence-electron chi connectivity index (χ3n) is 3.53. The van der Waals surface area contributed by atoms with Gasteiger partial charge in [0.15, 0.2) is 5.82 Å². The second-order valence-electron chi connectivity index (χ2n) is 5.50. The van der Waals surface area contributed by atoms with Crippen LogP contribution in [0.2, 0.25) is 0 Å². The quantitative estimate of drug-likeness (QED) is 0.688. The summed E-state index contributed by atoms with van der Waals surface area (Å²) in [5.74, 6) is 2.81. The number of hydrogen-bond donors (Lipinski definition) is 1. The molecule has 1 aliphatic carbocycles. The van der Waals surface area contributed by atoms with Gasteiger partial charge in [-0.3, -0.25) is 5.10 Å². The minimum atomic E-state index is -0.253. The summed E-state index contributed by atoms with van der Waals surface area (Å²) in [4.78, 5) is 8.73. The minimum Gasteiger partial charge on any atom is -0.339 e. The zero-order valence-corrected chi connectivity index (χ0v) is 13.5. The van der Waals surface area contributed by atoms with E-state index in [1.54, 1.807) is 18.2 Å². The molecule has 3 aromatic rings. The average Bonchev–Trinajstić information content (AvgIpc) is 3.17. The lowest BCUT2D eigenvalue weighted by molar-refractivity contribution is 0.375. The van der Waals surface area contributed by atoms with E-state index in [0.717, 1.165) is 24.3 Å². The van der Waals surface area contributed by atoms with E-state index >= 15 is 0 Å². The van der Waals surface area contributed by atoms with Crippen molar-refractivity contribution in [3.8, 4) is 0 Å². The van der Waals surface area contributed by atoms with E-state index in [1.165, 1.54) is 23.9 Å². The Morgan fingerprint density at radius 3 is 2.83 bits per heavy atom. The monoisotopic (exact) mass is 343 g/mol. The van der Waals surface area contributed by atoms with Crippen molar-refractivity contribution in [2.24, 2.45) is 0 Å². The molecule has 0 unspecified atom stereocenters. The summed E-state index contributed by atoms with van der Waals surface area (Å²) in [5.41, 5.74) is 0.890. The summed E-state index contributed by atoms with van der Waals surface area (Å²) in [6, 6.07) is 6.24.